The molecule has 3 aromatic heterocycles. The average molecular weight is 540 g/mol. The Balaban J connectivity index is 1.43. The van der Waals surface area contributed by atoms with Gasteiger partial charge in [-0.05, 0) is 72.2 Å². The third-order valence-corrected chi connectivity index (χ3v) is 6.79. The van der Waals surface area contributed by atoms with Gasteiger partial charge in [0, 0.05) is 35.8 Å². The topological polar surface area (TPSA) is 48.8 Å². The minimum Gasteiger partial charge on any atom is -0.379 e. The van der Waals surface area contributed by atoms with Gasteiger partial charge in [-0.15, -0.1) is 22.7 Å². The highest BCUT2D eigenvalue weighted by atomic mass is 32.1. The van der Waals surface area contributed by atoms with Crippen LogP contribution in [-0.2, 0) is 20.9 Å². The third-order valence-electron chi connectivity index (χ3n) is 5.12. The molecule has 0 aromatic carbocycles. The van der Waals surface area contributed by atoms with Crippen molar-refractivity contribution in [3.63, 3.8) is 0 Å². The first-order chi connectivity index (χ1) is 18.2. The van der Waals surface area contributed by atoms with Crippen molar-refractivity contribution in [1.82, 2.24) is 14.7 Å². The molecule has 0 radical (unpaired) electrons. The highest BCUT2D eigenvalue weighted by Crippen LogP contribution is 2.14. The number of hydrogen-bond acceptors (Lipinski definition) is 7. The number of aromatic nitrogens is 2. The molecule has 0 saturated heterocycles. The van der Waals surface area contributed by atoms with Crippen LogP contribution in [0.3, 0.4) is 0 Å². The van der Waals surface area contributed by atoms with E-state index in [1.54, 1.807) is 27.4 Å². The first-order valence-electron chi connectivity index (χ1n) is 12.5. The van der Waals surface area contributed by atoms with Crippen LogP contribution in [0.2, 0.25) is 0 Å². The molecule has 6 nitrogen and oxygen atoms in total. The van der Waals surface area contributed by atoms with Crippen LogP contribution >= 0.6 is 22.7 Å². The fraction of sp³-hybridized carbons (Fsp3) is 0.345. The number of thiophene rings is 2. The zero-order chi connectivity index (χ0) is 26.1. The van der Waals surface area contributed by atoms with Gasteiger partial charge in [-0.3, -0.25) is 0 Å². The molecule has 198 valence electrons. The van der Waals surface area contributed by atoms with E-state index in [4.69, 9.17) is 14.2 Å². The van der Waals surface area contributed by atoms with Gasteiger partial charge in [0.1, 0.15) is 19.6 Å². The summed E-state index contributed by atoms with van der Waals surface area (Å²) in [5, 5.41) is 8.69. The van der Waals surface area contributed by atoms with Crippen molar-refractivity contribution in [3.8, 4) is 0 Å². The van der Waals surface area contributed by atoms with Crippen molar-refractivity contribution < 1.29 is 14.2 Å². The Bertz CT molecular complexity index is 1120. The SMILES string of the molecule is CC/C=C(/C=C\N(C)COC(COCC)COCn1ccc(/C=C/c2cccs2)n1)\C=C\c1cccs1. The van der Waals surface area contributed by atoms with Crippen molar-refractivity contribution >= 4 is 40.9 Å². The molecule has 0 fully saturated rings. The van der Waals surface area contributed by atoms with E-state index in [-0.39, 0.29) is 6.10 Å². The standard InChI is InChI=1S/C29H37N3O3S2/c1-4-8-25(11-13-28-9-6-19-36-28)15-17-31(3)23-35-27(21-33-5-2)22-34-24-32-18-16-26(30-32)12-14-29-10-7-20-37-29/h6-20,27H,4-5,21-24H2,1-3H3/b13-11+,14-12+,17-15-,25-8+. The van der Waals surface area contributed by atoms with Crippen molar-refractivity contribution in [3.05, 3.63) is 92.7 Å². The van der Waals surface area contributed by atoms with Crippen LogP contribution in [0.25, 0.3) is 18.2 Å². The van der Waals surface area contributed by atoms with E-state index >= 15 is 0 Å². The largest absolute Gasteiger partial charge is 0.379 e. The van der Waals surface area contributed by atoms with E-state index in [0.717, 1.165) is 12.1 Å². The average Bonchev–Trinajstić information content (AvgIpc) is 3.69. The molecule has 0 spiro atoms. The van der Waals surface area contributed by atoms with Gasteiger partial charge in [0.15, 0.2) is 0 Å². The minimum atomic E-state index is -0.172. The Kier molecular flexibility index (Phi) is 13.2. The normalized spacial score (nSPS) is 13.4. The van der Waals surface area contributed by atoms with Gasteiger partial charge in [-0.25, -0.2) is 4.68 Å². The molecule has 0 aliphatic heterocycles. The molecule has 0 amide bonds. The van der Waals surface area contributed by atoms with Crippen LogP contribution in [0, 0.1) is 0 Å². The van der Waals surface area contributed by atoms with E-state index in [9.17, 15) is 0 Å². The molecule has 0 aliphatic rings. The molecule has 3 rings (SSSR count). The summed E-state index contributed by atoms with van der Waals surface area (Å²) in [6.07, 6.45) is 17.4. The van der Waals surface area contributed by atoms with E-state index in [1.807, 2.05) is 49.5 Å². The number of ether oxygens (including phenoxy) is 3. The Hall–Kier alpha value is -2.75. The Morgan fingerprint density at radius 1 is 1.00 bits per heavy atom. The van der Waals surface area contributed by atoms with Crippen molar-refractivity contribution in [2.45, 2.75) is 33.1 Å². The van der Waals surface area contributed by atoms with Crippen LogP contribution < -0.4 is 0 Å². The lowest BCUT2D eigenvalue weighted by Crippen LogP contribution is -2.30. The van der Waals surface area contributed by atoms with Gasteiger partial charge in [0.2, 0.25) is 0 Å². The second-order valence-electron chi connectivity index (χ2n) is 8.24. The quantitative estimate of drug-likeness (QED) is 0.136. The van der Waals surface area contributed by atoms with Crippen LogP contribution in [0.1, 0.15) is 35.7 Å². The Morgan fingerprint density at radius 3 is 2.46 bits per heavy atom. The molecule has 8 heteroatoms. The molecule has 3 heterocycles. The summed E-state index contributed by atoms with van der Waals surface area (Å²) in [7, 11) is 2.00. The van der Waals surface area contributed by atoms with E-state index < -0.39 is 0 Å². The fourth-order valence-electron chi connectivity index (χ4n) is 3.23. The Labute approximate surface area is 228 Å². The Morgan fingerprint density at radius 2 is 1.76 bits per heavy atom. The van der Waals surface area contributed by atoms with Crippen LogP contribution in [0.5, 0.6) is 0 Å². The molecule has 1 atom stereocenters. The summed E-state index contributed by atoms with van der Waals surface area (Å²) in [6.45, 7) is 6.45. The first-order valence-corrected chi connectivity index (χ1v) is 14.2. The molecule has 37 heavy (non-hydrogen) atoms. The fourth-order valence-corrected chi connectivity index (χ4v) is 4.47. The summed E-state index contributed by atoms with van der Waals surface area (Å²) < 4.78 is 19.4. The summed E-state index contributed by atoms with van der Waals surface area (Å²) in [5.41, 5.74) is 2.06. The third kappa shape index (κ3) is 11.5. The van der Waals surface area contributed by atoms with Gasteiger partial charge in [-0.1, -0.05) is 31.2 Å². The molecule has 0 bridgehead atoms. The number of rotatable bonds is 17. The second kappa shape index (κ2) is 16.9. The van der Waals surface area contributed by atoms with Gasteiger partial charge in [0.05, 0.1) is 18.9 Å². The van der Waals surface area contributed by atoms with Crippen LogP contribution in [-0.4, -0.2) is 54.4 Å². The number of nitrogens with zero attached hydrogens (tertiary/aromatic N) is 3. The predicted octanol–water partition coefficient (Wildman–Crippen LogP) is 7.03. The first kappa shape index (κ1) is 28.8. The lowest BCUT2D eigenvalue weighted by molar-refractivity contribution is -0.0898. The molecule has 1 unspecified atom stereocenters. The second-order valence-corrected chi connectivity index (χ2v) is 10.2. The maximum absolute atomic E-state index is 6.09. The van der Waals surface area contributed by atoms with Gasteiger partial charge in [-0.2, -0.15) is 5.10 Å². The van der Waals surface area contributed by atoms with Crippen molar-refractivity contribution in [2.75, 3.05) is 33.6 Å². The van der Waals surface area contributed by atoms with Gasteiger partial charge >= 0.3 is 0 Å². The number of allylic oxidation sites excluding steroid dienone is 4. The van der Waals surface area contributed by atoms with E-state index in [2.05, 4.69) is 71.4 Å². The van der Waals surface area contributed by atoms with Crippen molar-refractivity contribution in [1.29, 1.82) is 0 Å². The van der Waals surface area contributed by atoms with Gasteiger partial charge in [0.25, 0.3) is 0 Å². The monoisotopic (exact) mass is 539 g/mol. The number of hydrogen-bond donors (Lipinski definition) is 0. The molecule has 3 aromatic rings. The molecule has 0 saturated carbocycles. The maximum atomic E-state index is 6.09. The highest BCUT2D eigenvalue weighted by molar-refractivity contribution is 7.11. The lowest BCUT2D eigenvalue weighted by Gasteiger charge is -2.21. The lowest BCUT2D eigenvalue weighted by atomic mass is 10.2. The van der Waals surface area contributed by atoms with Gasteiger partial charge < -0.3 is 19.1 Å². The summed E-state index contributed by atoms with van der Waals surface area (Å²) >= 11 is 3.43. The molecule has 0 aliphatic carbocycles. The zero-order valence-corrected chi connectivity index (χ0v) is 23.5. The summed E-state index contributed by atoms with van der Waals surface area (Å²) in [4.78, 5) is 4.46. The maximum Gasteiger partial charge on any atom is 0.139 e. The van der Waals surface area contributed by atoms with Crippen LogP contribution in [0.4, 0.5) is 0 Å². The molecular weight excluding hydrogens is 502 g/mol. The molecular formula is C29H37N3O3S2. The smallest absolute Gasteiger partial charge is 0.139 e. The van der Waals surface area contributed by atoms with Crippen molar-refractivity contribution in [2.24, 2.45) is 0 Å². The molecule has 0 N–H and O–H groups in total. The summed E-state index contributed by atoms with van der Waals surface area (Å²) in [6, 6.07) is 10.3. The zero-order valence-electron chi connectivity index (χ0n) is 21.9. The predicted molar refractivity (Wildman–Crippen MR) is 156 cm³/mol. The van der Waals surface area contributed by atoms with E-state index in [1.165, 1.54) is 15.3 Å². The van der Waals surface area contributed by atoms with Crippen LogP contribution in [0.15, 0.2) is 77.3 Å². The minimum absolute atomic E-state index is 0.172. The highest BCUT2D eigenvalue weighted by Gasteiger charge is 2.11. The van der Waals surface area contributed by atoms with E-state index in [0.29, 0.717) is 33.3 Å². The summed E-state index contributed by atoms with van der Waals surface area (Å²) in [5.74, 6) is 0.